The SMILES string of the molecule is C[C@@H](c1nc2ccccc2s1)N(C)CC(=O)Nc1ccccc1-c1ccccc1. The molecule has 0 saturated heterocycles. The molecule has 4 nitrogen and oxygen atoms in total. The van der Waals surface area contributed by atoms with Gasteiger partial charge in [-0.25, -0.2) is 4.98 Å². The number of carbonyl (C=O) groups excluding carboxylic acids is 1. The maximum Gasteiger partial charge on any atom is 0.238 e. The Labute approximate surface area is 174 Å². The molecule has 0 unspecified atom stereocenters. The lowest BCUT2D eigenvalue weighted by molar-refractivity contribution is -0.117. The van der Waals surface area contributed by atoms with Crippen LogP contribution in [-0.4, -0.2) is 29.4 Å². The number of nitrogens with one attached hydrogen (secondary N) is 1. The van der Waals surface area contributed by atoms with E-state index in [9.17, 15) is 4.79 Å². The minimum atomic E-state index is -0.0381. The zero-order chi connectivity index (χ0) is 20.2. The first-order valence-electron chi connectivity index (χ1n) is 9.62. The molecule has 146 valence electrons. The lowest BCUT2D eigenvalue weighted by Gasteiger charge is -2.22. The highest BCUT2D eigenvalue weighted by Gasteiger charge is 2.19. The summed E-state index contributed by atoms with van der Waals surface area (Å²) in [4.78, 5) is 19.5. The third-order valence-electron chi connectivity index (χ3n) is 5.01. The molecule has 1 heterocycles. The number of carbonyl (C=O) groups is 1. The highest BCUT2D eigenvalue weighted by molar-refractivity contribution is 7.18. The standard InChI is InChI=1S/C24H23N3OS/c1-17(24-26-21-14-8-9-15-22(21)29-24)27(2)16-23(28)25-20-13-7-6-12-19(20)18-10-4-3-5-11-18/h3-15,17H,16H2,1-2H3,(H,25,28)/t17-/m0/s1. The summed E-state index contributed by atoms with van der Waals surface area (Å²) >= 11 is 1.68. The fourth-order valence-electron chi connectivity index (χ4n) is 3.27. The van der Waals surface area contributed by atoms with Crippen LogP contribution in [0.5, 0.6) is 0 Å². The van der Waals surface area contributed by atoms with E-state index in [1.54, 1.807) is 11.3 Å². The van der Waals surface area contributed by atoms with Gasteiger partial charge >= 0.3 is 0 Å². The molecule has 0 spiro atoms. The number of benzene rings is 3. The number of likely N-dealkylation sites (N-methyl/N-ethyl adjacent to an activating group) is 1. The summed E-state index contributed by atoms with van der Waals surface area (Å²) in [5.74, 6) is -0.0381. The second-order valence-electron chi connectivity index (χ2n) is 7.07. The zero-order valence-electron chi connectivity index (χ0n) is 16.5. The summed E-state index contributed by atoms with van der Waals surface area (Å²) in [7, 11) is 1.96. The number of fused-ring (bicyclic) bond motifs is 1. The van der Waals surface area contributed by atoms with Crippen LogP contribution >= 0.6 is 11.3 Å². The van der Waals surface area contributed by atoms with Crippen molar-refractivity contribution in [1.29, 1.82) is 0 Å². The Morgan fingerprint density at radius 1 is 1.00 bits per heavy atom. The second-order valence-corrected chi connectivity index (χ2v) is 8.13. The fourth-order valence-corrected chi connectivity index (χ4v) is 4.36. The summed E-state index contributed by atoms with van der Waals surface area (Å²) in [6.07, 6.45) is 0. The second kappa shape index (κ2) is 8.55. The summed E-state index contributed by atoms with van der Waals surface area (Å²) in [6, 6.07) is 26.2. The number of nitrogens with zero attached hydrogens (tertiary/aromatic N) is 2. The summed E-state index contributed by atoms with van der Waals surface area (Å²) < 4.78 is 1.17. The van der Waals surface area contributed by atoms with Gasteiger partial charge in [0.25, 0.3) is 0 Å². The lowest BCUT2D eigenvalue weighted by Crippen LogP contribution is -2.32. The molecular formula is C24H23N3OS. The van der Waals surface area contributed by atoms with Crippen LogP contribution in [0.2, 0.25) is 0 Å². The monoisotopic (exact) mass is 401 g/mol. The molecule has 1 atom stereocenters. The topological polar surface area (TPSA) is 45.2 Å². The van der Waals surface area contributed by atoms with Crippen LogP contribution in [0.1, 0.15) is 18.0 Å². The number of aromatic nitrogens is 1. The smallest absolute Gasteiger partial charge is 0.238 e. The molecule has 0 saturated carbocycles. The third kappa shape index (κ3) is 4.36. The average molecular weight is 402 g/mol. The van der Waals surface area contributed by atoms with E-state index in [1.165, 1.54) is 4.70 Å². The van der Waals surface area contributed by atoms with Crippen molar-refractivity contribution in [1.82, 2.24) is 9.88 Å². The molecular weight excluding hydrogens is 378 g/mol. The molecule has 1 N–H and O–H groups in total. The molecule has 29 heavy (non-hydrogen) atoms. The molecule has 0 bridgehead atoms. The van der Waals surface area contributed by atoms with Crippen LogP contribution in [0.25, 0.3) is 21.3 Å². The predicted octanol–water partition coefficient (Wildman–Crippen LogP) is 5.59. The molecule has 0 radical (unpaired) electrons. The van der Waals surface area contributed by atoms with Crippen molar-refractivity contribution in [2.45, 2.75) is 13.0 Å². The van der Waals surface area contributed by atoms with E-state index in [4.69, 9.17) is 4.98 Å². The van der Waals surface area contributed by atoms with Gasteiger partial charge in [-0.05, 0) is 37.7 Å². The number of hydrogen-bond donors (Lipinski definition) is 1. The third-order valence-corrected chi connectivity index (χ3v) is 6.21. The number of anilines is 1. The molecule has 0 aliphatic rings. The maximum absolute atomic E-state index is 12.7. The van der Waals surface area contributed by atoms with E-state index in [1.807, 2.05) is 84.7 Å². The predicted molar refractivity (Wildman–Crippen MR) is 121 cm³/mol. The average Bonchev–Trinajstić information content (AvgIpc) is 3.18. The Morgan fingerprint density at radius 3 is 2.48 bits per heavy atom. The van der Waals surface area contributed by atoms with Crippen molar-refractivity contribution in [2.24, 2.45) is 0 Å². The molecule has 4 rings (SSSR count). The molecule has 0 fully saturated rings. The van der Waals surface area contributed by atoms with Crippen molar-refractivity contribution in [3.8, 4) is 11.1 Å². The number of rotatable bonds is 6. The first kappa shape index (κ1) is 19.3. The van der Waals surface area contributed by atoms with Gasteiger partial charge in [0.2, 0.25) is 5.91 Å². The Morgan fingerprint density at radius 2 is 1.69 bits per heavy atom. The van der Waals surface area contributed by atoms with E-state index >= 15 is 0 Å². The van der Waals surface area contributed by atoms with Gasteiger partial charge in [0.05, 0.1) is 22.8 Å². The van der Waals surface area contributed by atoms with E-state index in [-0.39, 0.29) is 11.9 Å². The first-order valence-corrected chi connectivity index (χ1v) is 10.4. The molecule has 0 aliphatic carbocycles. The molecule has 0 aliphatic heterocycles. The summed E-state index contributed by atoms with van der Waals surface area (Å²) in [6.45, 7) is 2.38. The Kier molecular flexibility index (Phi) is 5.69. The van der Waals surface area contributed by atoms with E-state index < -0.39 is 0 Å². The van der Waals surface area contributed by atoms with Crippen LogP contribution in [0.3, 0.4) is 0 Å². The minimum Gasteiger partial charge on any atom is -0.324 e. The molecule has 4 aromatic rings. The quantitative estimate of drug-likeness (QED) is 0.458. The Balaban J connectivity index is 1.46. The number of amides is 1. The van der Waals surface area contributed by atoms with E-state index in [0.717, 1.165) is 27.3 Å². The van der Waals surface area contributed by atoms with Crippen molar-refractivity contribution in [3.63, 3.8) is 0 Å². The summed E-state index contributed by atoms with van der Waals surface area (Å²) in [5.41, 5.74) is 3.93. The highest BCUT2D eigenvalue weighted by atomic mass is 32.1. The maximum atomic E-state index is 12.7. The van der Waals surface area contributed by atoms with Gasteiger partial charge in [0.15, 0.2) is 0 Å². The molecule has 5 heteroatoms. The van der Waals surface area contributed by atoms with Crippen LogP contribution < -0.4 is 5.32 Å². The van der Waals surface area contributed by atoms with E-state index in [2.05, 4.69) is 18.3 Å². The van der Waals surface area contributed by atoms with Crippen molar-refractivity contribution < 1.29 is 4.79 Å². The zero-order valence-corrected chi connectivity index (χ0v) is 17.3. The fraction of sp³-hybridized carbons (Fsp3) is 0.167. The van der Waals surface area contributed by atoms with Gasteiger partial charge in [-0.3, -0.25) is 9.69 Å². The van der Waals surface area contributed by atoms with Crippen molar-refractivity contribution in [2.75, 3.05) is 18.9 Å². The van der Waals surface area contributed by atoms with Gasteiger partial charge in [0.1, 0.15) is 5.01 Å². The first-order chi connectivity index (χ1) is 14.1. The number of thiazole rings is 1. The lowest BCUT2D eigenvalue weighted by atomic mass is 10.0. The van der Waals surface area contributed by atoms with Crippen molar-refractivity contribution >= 4 is 33.1 Å². The van der Waals surface area contributed by atoms with Gasteiger partial charge in [0, 0.05) is 11.3 Å². The molecule has 1 aromatic heterocycles. The Bertz CT molecular complexity index is 1090. The normalized spacial score (nSPS) is 12.2. The van der Waals surface area contributed by atoms with Crippen LogP contribution in [-0.2, 0) is 4.79 Å². The number of para-hydroxylation sites is 2. The highest BCUT2D eigenvalue weighted by Crippen LogP contribution is 2.30. The number of hydrogen-bond acceptors (Lipinski definition) is 4. The molecule has 1 amide bonds. The minimum absolute atomic E-state index is 0.0381. The van der Waals surface area contributed by atoms with Crippen LogP contribution in [0.4, 0.5) is 5.69 Å². The van der Waals surface area contributed by atoms with Crippen LogP contribution in [0.15, 0.2) is 78.9 Å². The van der Waals surface area contributed by atoms with Crippen molar-refractivity contribution in [3.05, 3.63) is 83.9 Å². The van der Waals surface area contributed by atoms with E-state index in [0.29, 0.717) is 6.54 Å². The Hall–Kier alpha value is -3.02. The van der Waals surface area contributed by atoms with Gasteiger partial charge in [-0.15, -0.1) is 11.3 Å². The largest absolute Gasteiger partial charge is 0.324 e. The molecule has 3 aromatic carbocycles. The van der Waals surface area contributed by atoms with Gasteiger partial charge in [-0.2, -0.15) is 0 Å². The van der Waals surface area contributed by atoms with Gasteiger partial charge in [-0.1, -0.05) is 60.7 Å². The summed E-state index contributed by atoms with van der Waals surface area (Å²) in [5, 5.41) is 4.09. The van der Waals surface area contributed by atoms with Crippen LogP contribution in [0, 0.1) is 0 Å². The van der Waals surface area contributed by atoms with Gasteiger partial charge < -0.3 is 5.32 Å².